The zero-order valence-electron chi connectivity index (χ0n) is 8.03. The highest BCUT2D eigenvalue weighted by Crippen LogP contribution is 2.33. The average molecular weight is 260 g/mol. The molecule has 15 heavy (non-hydrogen) atoms. The predicted octanol–water partition coefficient (Wildman–Crippen LogP) is 2.72. The number of aryl methyl sites for hydroxylation is 1. The van der Waals surface area contributed by atoms with Crippen LogP contribution in [0.25, 0.3) is 0 Å². The van der Waals surface area contributed by atoms with Gasteiger partial charge in [0.1, 0.15) is 0 Å². The van der Waals surface area contributed by atoms with Gasteiger partial charge in [-0.2, -0.15) is 0 Å². The predicted molar refractivity (Wildman–Crippen MR) is 65.3 cm³/mol. The first-order chi connectivity index (χ1) is 7.22. The number of nitrogens with zero attached hydrogens (tertiary/aromatic N) is 1. The van der Waals surface area contributed by atoms with E-state index >= 15 is 0 Å². The minimum Gasteiger partial charge on any atom is -0.271 e. The maximum Gasteiger partial charge on any atom is 0.0931 e. The van der Waals surface area contributed by atoms with Crippen LogP contribution >= 0.6 is 34.3 Å². The summed E-state index contributed by atoms with van der Waals surface area (Å²) in [5, 5.41) is 0. The van der Waals surface area contributed by atoms with Crippen LogP contribution in [0.3, 0.4) is 0 Å². The third-order valence-corrected chi connectivity index (χ3v) is 4.38. The summed E-state index contributed by atoms with van der Waals surface area (Å²) < 4.78 is 0.771. The van der Waals surface area contributed by atoms with Crippen molar-refractivity contribution in [1.29, 1.82) is 0 Å². The molecule has 0 fully saturated rings. The van der Waals surface area contributed by atoms with Crippen LogP contribution in [0.4, 0.5) is 0 Å². The van der Waals surface area contributed by atoms with E-state index in [-0.39, 0.29) is 6.04 Å². The Hall–Kier alpha value is -0.460. The van der Waals surface area contributed by atoms with E-state index in [1.54, 1.807) is 11.3 Å². The Morgan fingerprint density at radius 2 is 2.33 bits per heavy atom. The van der Waals surface area contributed by atoms with Gasteiger partial charge in [-0.05, 0) is 19.1 Å². The van der Waals surface area contributed by atoms with Gasteiger partial charge in [0.05, 0.1) is 26.5 Å². The van der Waals surface area contributed by atoms with Crippen LogP contribution < -0.4 is 11.3 Å². The number of nitrogens with one attached hydrogen (secondary N) is 1. The minimum atomic E-state index is -0.00463. The third kappa shape index (κ3) is 2.21. The fraction of sp³-hybridized carbons (Fsp3) is 0.222. The lowest BCUT2D eigenvalue weighted by Gasteiger charge is -2.12. The Morgan fingerprint density at radius 1 is 1.53 bits per heavy atom. The van der Waals surface area contributed by atoms with E-state index in [2.05, 4.69) is 10.4 Å². The summed E-state index contributed by atoms with van der Waals surface area (Å²) in [4.78, 5) is 6.45. The molecule has 3 N–H and O–H groups in total. The van der Waals surface area contributed by atoms with Crippen molar-refractivity contribution in [2.24, 2.45) is 5.84 Å². The molecule has 2 rings (SSSR count). The monoisotopic (exact) mass is 259 g/mol. The van der Waals surface area contributed by atoms with Gasteiger partial charge in [-0.3, -0.25) is 5.84 Å². The van der Waals surface area contributed by atoms with Crippen molar-refractivity contribution in [3.63, 3.8) is 0 Å². The Morgan fingerprint density at radius 3 is 2.80 bits per heavy atom. The third-order valence-electron chi connectivity index (χ3n) is 2.09. The molecule has 0 saturated carbocycles. The zero-order valence-corrected chi connectivity index (χ0v) is 10.4. The number of hydrazine groups is 1. The summed E-state index contributed by atoms with van der Waals surface area (Å²) in [6.45, 7) is 1.98. The van der Waals surface area contributed by atoms with Crippen molar-refractivity contribution in [3.8, 4) is 0 Å². The van der Waals surface area contributed by atoms with Crippen LogP contribution in [-0.4, -0.2) is 4.98 Å². The molecule has 0 aromatic carbocycles. The van der Waals surface area contributed by atoms with E-state index in [1.807, 2.05) is 24.6 Å². The highest BCUT2D eigenvalue weighted by molar-refractivity contribution is 7.16. The maximum absolute atomic E-state index is 5.90. The molecule has 1 unspecified atom stereocenters. The van der Waals surface area contributed by atoms with Gasteiger partial charge in [-0.1, -0.05) is 11.6 Å². The maximum atomic E-state index is 5.90. The van der Waals surface area contributed by atoms with Crippen molar-refractivity contribution in [2.45, 2.75) is 13.0 Å². The largest absolute Gasteiger partial charge is 0.271 e. The minimum absolute atomic E-state index is 0.00463. The van der Waals surface area contributed by atoms with Crippen molar-refractivity contribution in [3.05, 3.63) is 37.4 Å². The van der Waals surface area contributed by atoms with E-state index in [1.165, 1.54) is 11.3 Å². The van der Waals surface area contributed by atoms with Gasteiger partial charge in [0.2, 0.25) is 0 Å². The lowest BCUT2D eigenvalue weighted by Crippen LogP contribution is -2.28. The first kappa shape index (κ1) is 11.0. The van der Waals surface area contributed by atoms with Crippen molar-refractivity contribution < 1.29 is 0 Å². The normalized spacial score (nSPS) is 13.0. The zero-order chi connectivity index (χ0) is 10.8. The summed E-state index contributed by atoms with van der Waals surface area (Å²) in [6, 6.07) is 3.86. The molecule has 6 heteroatoms. The standard InChI is InChI=1S/C9H10ClN3S2/c1-5-9(14-4-12-5)8(13-11)6-2-3-7(10)15-6/h2-4,8,13H,11H2,1H3. The topological polar surface area (TPSA) is 50.9 Å². The second-order valence-electron chi connectivity index (χ2n) is 3.04. The molecule has 0 saturated heterocycles. The van der Waals surface area contributed by atoms with Crippen molar-refractivity contribution in [2.75, 3.05) is 0 Å². The lowest BCUT2D eigenvalue weighted by molar-refractivity contribution is 0.652. The smallest absolute Gasteiger partial charge is 0.0931 e. The number of thiazole rings is 1. The second kappa shape index (κ2) is 4.59. The summed E-state index contributed by atoms with van der Waals surface area (Å²) in [5.41, 5.74) is 5.63. The summed E-state index contributed by atoms with van der Waals surface area (Å²) >= 11 is 9.03. The van der Waals surface area contributed by atoms with Gasteiger partial charge >= 0.3 is 0 Å². The molecule has 0 radical (unpaired) electrons. The fourth-order valence-corrected chi connectivity index (χ4v) is 3.44. The van der Waals surface area contributed by atoms with Gasteiger partial charge in [0.25, 0.3) is 0 Å². The van der Waals surface area contributed by atoms with Crippen LogP contribution in [0.5, 0.6) is 0 Å². The average Bonchev–Trinajstić information content (AvgIpc) is 2.79. The molecule has 2 aromatic rings. The number of hydrogen-bond donors (Lipinski definition) is 2. The lowest BCUT2D eigenvalue weighted by atomic mass is 10.2. The summed E-state index contributed by atoms with van der Waals surface area (Å²) in [6.07, 6.45) is 0. The first-order valence-corrected chi connectivity index (χ1v) is 6.41. The molecule has 0 amide bonds. The van der Waals surface area contributed by atoms with E-state index in [0.717, 1.165) is 19.8 Å². The Balaban J connectivity index is 2.36. The van der Waals surface area contributed by atoms with Crippen molar-refractivity contribution in [1.82, 2.24) is 10.4 Å². The molecule has 0 spiro atoms. The van der Waals surface area contributed by atoms with Gasteiger partial charge < -0.3 is 0 Å². The SMILES string of the molecule is Cc1ncsc1C(NN)c1ccc(Cl)s1. The Kier molecular flexibility index (Phi) is 3.38. The molecule has 2 heterocycles. The van der Waals surface area contributed by atoms with E-state index in [4.69, 9.17) is 17.4 Å². The van der Waals surface area contributed by atoms with Crippen molar-refractivity contribution >= 4 is 34.3 Å². The molecule has 0 aliphatic heterocycles. The molecular formula is C9H10ClN3S2. The molecule has 2 aromatic heterocycles. The number of thiophene rings is 1. The van der Waals surface area contributed by atoms with Gasteiger partial charge in [-0.15, -0.1) is 22.7 Å². The second-order valence-corrected chi connectivity index (χ2v) is 5.68. The number of rotatable bonds is 3. The molecule has 1 atom stereocenters. The summed E-state index contributed by atoms with van der Waals surface area (Å²) in [7, 11) is 0. The van der Waals surface area contributed by atoms with Gasteiger partial charge in [0, 0.05) is 4.88 Å². The van der Waals surface area contributed by atoms with Gasteiger partial charge in [0.15, 0.2) is 0 Å². The number of nitrogens with two attached hydrogens (primary N) is 1. The molecule has 3 nitrogen and oxygen atoms in total. The first-order valence-electron chi connectivity index (χ1n) is 4.33. The number of aromatic nitrogens is 1. The molecule has 0 aliphatic carbocycles. The molecule has 0 bridgehead atoms. The van der Waals surface area contributed by atoms with E-state index in [9.17, 15) is 0 Å². The fourth-order valence-electron chi connectivity index (χ4n) is 1.36. The quantitative estimate of drug-likeness (QED) is 0.658. The van der Waals surface area contributed by atoms with Crippen LogP contribution in [-0.2, 0) is 0 Å². The van der Waals surface area contributed by atoms with E-state index < -0.39 is 0 Å². The Labute approximate surface area is 101 Å². The van der Waals surface area contributed by atoms with E-state index in [0.29, 0.717) is 0 Å². The molecular weight excluding hydrogens is 250 g/mol. The highest BCUT2D eigenvalue weighted by atomic mass is 35.5. The number of halogens is 1. The van der Waals surface area contributed by atoms with Crippen LogP contribution in [0.2, 0.25) is 4.34 Å². The molecule has 0 aliphatic rings. The molecule has 80 valence electrons. The highest BCUT2D eigenvalue weighted by Gasteiger charge is 2.18. The van der Waals surface area contributed by atoms with Crippen LogP contribution in [0, 0.1) is 6.92 Å². The van der Waals surface area contributed by atoms with Gasteiger partial charge in [-0.25, -0.2) is 10.4 Å². The Bertz CT molecular complexity index is 452. The summed E-state index contributed by atoms with van der Waals surface area (Å²) in [5.74, 6) is 5.57. The van der Waals surface area contributed by atoms with Crippen LogP contribution in [0.1, 0.15) is 21.5 Å². The number of hydrogen-bond acceptors (Lipinski definition) is 5. The van der Waals surface area contributed by atoms with Crippen LogP contribution in [0.15, 0.2) is 17.6 Å².